The van der Waals surface area contributed by atoms with Crippen LogP contribution in [0.15, 0.2) is 41.5 Å². The first-order valence-electron chi connectivity index (χ1n) is 9.25. The zero-order chi connectivity index (χ0) is 21.5. The van der Waals surface area contributed by atoms with E-state index >= 15 is 0 Å². The van der Waals surface area contributed by atoms with Crippen LogP contribution in [0, 0.1) is 0 Å². The molecular formula is C19H17F3N6O2. The smallest absolute Gasteiger partial charge is 0.345 e. The molecule has 30 heavy (non-hydrogen) atoms. The summed E-state index contributed by atoms with van der Waals surface area (Å²) in [7, 11) is 0. The van der Waals surface area contributed by atoms with Crippen LogP contribution in [0.25, 0.3) is 28.0 Å². The Morgan fingerprint density at radius 2 is 2.10 bits per heavy atom. The molecule has 2 aromatic rings. The minimum atomic E-state index is -4.54. The van der Waals surface area contributed by atoms with Gasteiger partial charge in [0.05, 0.1) is 28.4 Å². The summed E-state index contributed by atoms with van der Waals surface area (Å²) in [6.45, 7) is 2.50. The molecular weight excluding hydrogens is 401 g/mol. The van der Waals surface area contributed by atoms with Gasteiger partial charge in [-0.1, -0.05) is 19.4 Å². The predicted molar refractivity (Wildman–Crippen MR) is 103 cm³/mol. The van der Waals surface area contributed by atoms with Gasteiger partial charge >= 0.3 is 12.2 Å². The second kappa shape index (κ2) is 7.32. The van der Waals surface area contributed by atoms with Crippen LogP contribution >= 0.6 is 0 Å². The number of nitrogens with zero attached hydrogens (tertiary/aromatic N) is 4. The molecule has 2 N–H and O–H groups in total. The van der Waals surface area contributed by atoms with Gasteiger partial charge in [-0.15, -0.1) is 0 Å². The molecule has 0 bridgehead atoms. The number of carbonyl (C=O) groups excluding carboxylic acids is 1. The van der Waals surface area contributed by atoms with Crippen molar-refractivity contribution >= 4 is 17.1 Å². The average Bonchev–Trinajstić information content (AvgIpc) is 3.29. The molecule has 0 fully saturated rings. The van der Waals surface area contributed by atoms with Crippen LogP contribution in [0.1, 0.15) is 25.3 Å². The number of H-pyrrole nitrogens is 1. The van der Waals surface area contributed by atoms with Crippen molar-refractivity contribution in [2.45, 2.75) is 25.9 Å². The first-order valence-corrected chi connectivity index (χ1v) is 9.25. The molecule has 4 rings (SSSR count). The number of benzene rings is 1. The van der Waals surface area contributed by atoms with Gasteiger partial charge in [0.25, 0.3) is 5.56 Å². The largest absolute Gasteiger partial charge is 0.416 e. The molecule has 8 nitrogen and oxygen atoms in total. The Bertz CT molecular complexity index is 1250. The number of unbranched alkanes of at least 4 members (excludes halogenated alkanes) is 1. The summed E-state index contributed by atoms with van der Waals surface area (Å²) in [6.07, 6.45) is -0.0456. The van der Waals surface area contributed by atoms with E-state index in [2.05, 4.69) is 20.5 Å². The van der Waals surface area contributed by atoms with E-state index < -0.39 is 23.3 Å². The van der Waals surface area contributed by atoms with E-state index in [4.69, 9.17) is 0 Å². The second-order valence-corrected chi connectivity index (χ2v) is 6.72. The molecule has 2 aliphatic rings. The lowest BCUT2D eigenvalue weighted by molar-refractivity contribution is -0.137. The van der Waals surface area contributed by atoms with Crippen LogP contribution in [0.3, 0.4) is 0 Å². The average molecular weight is 418 g/mol. The number of carbonyl (C=O) groups is 1. The maximum absolute atomic E-state index is 13.0. The zero-order valence-corrected chi connectivity index (χ0v) is 15.8. The highest BCUT2D eigenvalue weighted by Crippen LogP contribution is 2.31. The van der Waals surface area contributed by atoms with Gasteiger partial charge in [-0.25, -0.2) is 4.79 Å². The molecule has 0 atom stereocenters. The van der Waals surface area contributed by atoms with Gasteiger partial charge < -0.3 is 10.3 Å². The third-order valence-electron chi connectivity index (χ3n) is 4.67. The molecule has 1 aromatic carbocycles. The minimum Gasteiger partial charge on any atom is -0.345 e. The summed E-state index contributed by atoms with van der Waals surface area (Å²) in [5.41, 5.74) is -0.742. The zero-order valence-electron chi connectivity index (χ0n) is 15.8. The fourth-order valence-corrected chi connectivity index (χ4v) is 3.13. The third-order valence-corrected chi connectivity index (χ3v) is 4.67. The van der Waals surface area contributed by atoms with Crippen LogP contribution in [0.2, 0.25) is 0 Å². The first-order chi connectivity index (χ1) is 14.3. The van der Waals surface area contributed by atoms with Crippen LogP contribution in [0.5, 0.6) is 0 Å². The van der Waals surface area contributed by atoms with Crippen molar-refractivity contribution in [2.75, 3.05) is 6.54 Å². The Morgan fingerprint density at radius 1 is 1.30 bits per heavy atom. The van der Waals surface area contributed by atoms with Crippen molar-refractivity contribution in [1.82, 2.24) is 29.9 Å². The van der Waals surface area contributed by atoms with Crippen LogP contribution < -0.4 is 10.9 Å². The fourth-order valence-electron chi connectivity index (χ4n) is 3.13. The molecule has 0 spiro atoms. The second-order valence-electron chi connectivity index (χ2n) is 6.72. The summed E-state index contributed by atoms with van der Waals surface area (Å²) in [4.78, 5) is 27.9. The Hall–Kier alpha value is -3.63. The van der Waals surface area contributed by atoms with E-state index in [1.165, 1.54) is 24.5 Å². The molecule has 0 saturated heterocycles. The highest BCUT2D eigenvalue weighted by atomic mass is 19.4. The molecule has 0 unspecified atom stereocenters. The van der Waals surface area contributed by atoms with Crippen LogP contribution in [-0.4, -0.2) is 37.1 Å². The Kier molecular flexibility index (Phi) is 4.80. The number of halogens is 3. The summed E-state index contributed by atoms with van der Waals surface area (Å²) < 4.78 is 41.1. The van der Waals surface area contributed by atoms with E-state index in [9.17, 15) is 22.8 Å². The van der Waals surface area contributed by atoms with E-state index in [1.54, 1.807) is 0 Å². The number of nitrogens with one attached hydrogen (secondary N) is 2. The summed E-state index contributed by atoms with van der Waals surface area (Å²) in [6, 6.07) is 3.93. The molecule has 1 amide bonds. The summed E-state index contributed by atoms with van der Waals surface area (Å²) >= 11 is 0. The standard InChI is InChI=1S/C19H17F3N6O2/c1-2-3-7-23-18(30)28-16-13(10-25-28)15-14(9-24-16)17(29)27(26-15)12-6-4-5-11(8-12)19(20,21)22/h4-6,8-10,24H,2-3,7H2,1H3,(H,23,30). The van der Waals surface area contributed by atoms with E-state index in [1.807, 2.05) is 6.92 Å². The van der Waals surface area contributed by atoms with Crippen molar-refractivity contribution in [3.63, 3.8) is 0 Å². The maximum Gasteiger partial charge on any atom is 0.416 e. The summed E-state index contributed by atoms with van der Waals surface area (Å²) in [5.74, 6) is 0. The Morgan fingerprint density at radius 3 is 2.83 bits per heavy atom. The van der Waals surface area contributed by atoms with Crippen LogP contribution in [0.4, 0.5) is 18.0 Å². The lowest BCUT2D eigenvalue weighted by Gasteiger charge is -2.07. The first kappa shape index (κ1) is 19.7. The van der Waals surface area contributed by atoms with Gasteiger partial charge in [-0.3, -0.25) is 4.79 Å². The highest BCUT2D eigenvalue weighted by Gasteiger charge is 2.31. The number of aromatic amines is 1. The number of aromatic nitrogens is 5. The normalized spacial score (nSPS) is 12.0. The topological polar surface area (TPSA) is 97.6 Å². The van der Waals surface area contributed by atoms with Crippen molar-refractivity contribution in [2.24, 2.45) is 0 Å². The molecule has 0 radical (unpaired) electrons. The number of alkyl halides is 3. The number of hydrogen-bond donors (Lipinski definition) is 2. The number of hydrogen-bond acceptors (Lipinski definition) is 4. The molecule has 0 saturated carbocycles. The Balaban J connectivity index is 1.80. The molecule has 156 valence electrons. The van der Waals surface area contributed by atoms with E-state index in [-0.39, 0.29) is 16.9 Å². The van der Waals surface area contributed by atoms with Crippen molar-refractivity contribution in [3.05, 3.63) is 52.6 Å². The quantitative estimate of drug-likeness (QED) is 0.497. The molecule has 11 heteroatoms. The maximum atomic E-state index is 13.0. The van der Waals surface area contributed by atoms with Gasteiger partial charge in [0.2, 0.25) is 0 Å². The SMILES string of the molecule is CCCCNC(=O)n1ncc2c3nn(-c4cccc(C(F)(F)F)c4)c(=O)c-3c[nH]c21. The molecule has 1 aromatic heterocycles. The molecule has 0 aliphatic carbocycles. The van der Waals surface area contributed by atoms with E-state index in [0.717, 1.165) is 34.3 Å². The third kappa shape index (κ3) is 3.31. The number of pyridine rings is 1. The van der Waals surface area contributed by atoms with Gasteiger partial charge in [0, 0.05) is 12.7 Å². The van der Waals surface area contributed by atoms with Crippen molar-refractivity contribution in [3.8, 4) is 16.9 Å². The fraction of sp³-hybridized carbons (Fsp3) is 0.263. The van der Waals surface area contributed by atoms with Gasteiger partial charge in [-0.2, -0.15) is 32.7 Å². The Labute approximate surface area is 167 Å². The lowest BCUT2D eigenvalue weighted by Crippen LogP contribution is -2.30. The minimum absolute atomic E-state index is 0.0103. The monoisotopic (exact) mass is 418 g/mol. The lowest BCUT2D eigenvalue weighted by atomic mass is 10.2. The number of amides is 1. The van der Waals surface area contributed by atoms with E-state index in [0.29, 0.717) is 17.6 Å². The molecule has 2 aliphatic heterocycles. The highest BCUT2D eigenvalue weighted by molar-refractivity contribution is 5.95. The van der Waals surface area contributed by atoms with Crippen molar-refractivity contribution < 1.29 is 18.0 Å². The predicted octanol–water partition coefficient (Wildman–Crippen LogP) is 3.39. The number of fused-ring (bicyclic) bond motifs is 3. The number of rotatable bonds is 4. The van der Waals surface area contributed by atoms with Crippen LogP contribution in [-0.2, 0) is 6.18 Å². The van der Waals surface area contributed by atoms with Gasteiger partial charge in [0.15, 0.2) is 0 Å². The van der Waals surface area contributed by atoms with Gasteiger partial charge in [0.1, 0.15) is 11.3 Å². The summed E-state index contributed by atoms with van der Waals surface area (Å²) in [5, 5.41) is 11.4. The molecule has 3 heterocycles. The van der Waals surface area contributed by atoms with Gasteiger partial charge in [-0.05, 0) is 24.6 Å². The van der Waals surface area contributed by atoms with Crippen molar-refractivity contribution in [1.29, 1.82) is 0 Å².